The van der Waals surface area contributed by atoms with Gasteiger partial charge in [0.05, 0.1) is 15.6 Å². The molecule has 22 heavy (non-hydrogen) atoms. The van der Waals surface area contributed by atoms with Crippen LogP contribution in [0.15, 0.2) is 64.5 Å². The summed E-state index contributed by atoms with van der Waals surface area (Å²) in [6.45, 7) is 0. The summed E-state index contributed by atoms with van der Waals surface area (Å²) in [5.41, 5.74) is 0.503. The normalized spacial score (nSPS) is 11.8. The number of para-hydroxylation sites is 1. The zero-order chi connectivity index (χ0) is 16.2. The van der Waals surface area contributed by atoms with Crippen LogP contribution in [0.3, 0.4) is 0 Å². The van der Waals surface area contributed by atoms with Crippen molar-refractivity contribution in [3.63, 3.8) is 0 Å². The van der Waals surface area contributed by atoms with E-state index in [2.05, 4.69) is 5.32 Å². The lowest BCUT2D eigenvalue weighted by molar-refractivity contribution is 0.603. The van der Waals surface area contributed by atoms with Crippen molar-refractivity contribution in [2.75, 3.05) is 5.32 Å². The number of anilines is 1. The van der Waals surface area contributed by atoms with Gasteiger partial charge in [0.2, 0.25) is 9.84 Å². The van der Waals surface area contributed by atoms with Crippen LogP contribution < -0.4 is 5.32 Å². The summed E-state index contributed by atoms with van der Waals surface area (Å²) in [6, 6.07) is 14.1. The van der Waals surface area contributed by atoms with Gasteiger partial charge in [0, 0.05) is 11.2 Å². The Morgan fingerprint density at radius 3 is 2.32 bits per heavy atom. The zero-order valence-electron chi connectivity index (χ0n) is 11.1. The van der Waals surface area contributed by atoms with Crippen LogP contribution in [-0.4, -0.2) is 8.42 Å². The van der Waals surface area contributed by atoms with Gasteiger partial charge in [-0.3, -0.25) is 0 Å². The minimum absolute atomic E-state index is 0.00865. The molecule has 2 aromatic carbocycles. The Balaban J connectivity index is 2.35. The van der Waals surface area contributed by atoms with Crippen molar-refractivity contribution >= 4 is 38.7 Å². The Morgan fingerprint density at radius 2 is 1.73 bits per heavy atom. The molecule has 0 saturated carbocycles. The first kappa shape index (κ1) is 16.4. The van der Waals surface area contributed by atoms with Gasteiger partial charge >= 0.3 is 0 Å². The Labute approximate surface area is 138 Å². The third-order valence-corrected chi connectivity index (χ3v) is 5.02. The summed E-state index contributed by atoms with van der Waals surface area (Å²) in [5.74, 6) is 0. The molecule has 1 N–H and O–H groups in total. The Hall–Kier alpha value is -2.00. The maximum atomic E-state index is 12.4. The number of sulfone groups is 1. The van der Waals surface area contributed by atoms with Gasteiger partial charge in [0.15, 0.2) is 4.91 Å². The predicted octanol–water partition coefficient (Wildman–Crippen LogP) is 4.24. The van der Waals surface area contributed by atoms with Crippen molar-refractivity contribution in [2.24, 2.45) is 0 Å². The molecule has 0 saturated heterocycles. The highest BCUT2D eigenvalue weighted by Crippen LogP contribution is 2.23. The van der Waals surface area contributed by atoms with Crippen molar-refractivity contribution in [1.82, 2.24) is 0 Å². The molecule has 2 rings (SSSR count). The Kier molecular flexibility index (Phi) is 5.09. The molecule has 0 bridgehead atoms. The van der Waals surface area contributed by atoms with Crippen LogP contribution in [0.5, 0.6) is 0 Å². The van der Waals surface area contributed by atoms with E-state index >= 15 is 0 Å². The smallest absolute Gasteiger partial charge is 0.218 e. The summed E-state index contributed by atoms with van der Waals surface area (Å²) in [7, 11) is -3.92. The van der Waals surface area contributed by atoms with E-state index in [1.165, 1.54) is 24.3 Å². The molecule has 0 aliphatic rings. The molecular formula is C15H10Cl2N2O2S. The topological polar surface area (TPSA) is 70.0 Å². The molecule has 0 unspecified atom stereocenters. The van der Waals surface area contributed by atoms with Gasteiger partial charge < -0.3 is 5.32 Å². The highest BCUT2D eigenvalue weighted by molar-refractivity contribution is 7.95. The lowest BCUT2D eigenvalue weighted by atomic mass is 10.3. The second-order valence-corrected chi connectivity index (χ2v) is 6.96. The number of halogens is 2. The van der Waals surface area contributed by atoms with Crippen LogP contribution in [-0.2, 0) is 9.84 Å². The van der Waals surface area contributed by atoms with E-state index < -0.39 is 14.7 Å². The number of nitrogens with zero attached hydrogens (tertiary/aromatic N) is 1. The molecule has 0 fully saturated rings. The average Bonchev–Trinajstić information content (AvgIpc) is 2.50. The fourth-order valence-electron chi connectivity index (χ4n) is 1.63. The summed E-state index contributed by atoms with van der Waals surface area (Å²) in [6.07, 6.45) is 1.12. The van der Waals surface area contributed by atoms with Gasteiger partial charge in [-0.1, -0.05) is 35.3 Å². The van der Waals surface area contributed by atoms with Crippen molar-refractivity contribution < 1.29 is 8.42 Å². The van der Waals surface area contributed by atoms with E-state index in [1.54, 1.807) is 30.3 Å². The average molecular weight is 353 g/mol. The Morgan fingerprint density at radius 1 is 1.09 bits per heavy atom. The quantitative estimate of drug-likeness (QED) is 0.835. The van der Waals surface area contributed by atoms with Gasteiger partial charge in [-0.25, -0.2) is 8.42 Å². The lowest BCUT2D eigenvalue weighted by Crippen LogP contribution is -2.05. The minimum Gasteiger partial charge on any atom is -0.359 e. The number of benzene rings is 2. The summed E-state index contributed by atoms with van der Waals surface area (Å²) in [5, 5.41) is 12.7. The third-order valence-electron chi connectivity index (χ3n) is 2.76. The van der Waals surface area contributed by atoms with Crippen LogP contribution in [0, 0.1) is 11.3 Å². The lowest BCUT2D eigenvalue weighted by Gasteiger charge is -2.06. The number of nitrogens with one attached hydrogen (secondary N) is 1. The Bertz CT molecular complexity index is 854. The SMILES string of the molecule is N#C/C(=C\Nc1ccccc1Cl)S(=O)(=O)c1ccc(Cl)cc1. The van der Waals surface area contributed by atoms with E-state index in [9.17, 15) is 8.42 Å². The van der Waals surface area contributed by atoms with Crippen molar-refractivity contribution in [3.8, 4) is 6.07 Å². The number of rotatable bonds is 4. The fraction of sp³-hybridized carbons (Fsp3) is 0. The number of hydrogen-bond acceptors (Lipinski definition) is 4. The molecule has 0 aromatic heterocycles. The highest BCUT2D eigenvalue weighted by Gasteiger charge is 2.20. The van der Waals surface area contributed by atoms with Crippen LogP contribution in [0.4, 0.5) is 5.69 Å². The number of hydrogen-bond donors (Lipinski definition) is 1. The summed E-state index contributed by atoms with van der Waals surface area (Å²) >= 11 is 11.7. The summed E-state index contributed by atoms with van der Waals surface area (Å²) in [4.78, 5) is -0.430. The molecule has 0 aliphatic heterocycles. The van der Waals surface area contributed by atoms with Gasteiger partial charge in [-0.2, -0.15) is 5.26 Å². The van der Waals surface area contributed by atoms with Gasteiger partial charge in [-0.05, 0) is 36.4 Å². The second-order valence-electron chi connectivity index (χ2n) is 4.20. The van der Waals surface area contributed by atoms with Gasteiger partial charge in [0.1, 0.15) is 6.07 Å². The minimum atomic E-state index is -3.92. The molecular weight excluding hydrogens is 343 g/mol. The van der Waals surface area contributed by atoms with E-state index in [-0.39, 0.29) is 4.90 Å². The monoisotopic (exact) mass is 352 g/mol. The van der Waals surface area contributed by atoms with Gasteiger partial charge in [0.25, 0.3) is 0 Å². The molecule has 112 valence electrons. The maximum absolute atomic E-state index is 12.4. The zero-order valence-corrected chi connectivity index (χ0v) is 13.5. The predicted molar refractivity (Wildman–Crippen MR) is 87.4 cm³/mol. The standard InChI is InChI=1S/C15H10Cl2N2O2S/c16-11-5-7-12(8-6-11)22(20,21)13(9-18)10-19-15-4-2-1-3-14(15)17/h1-8,10,19H/b13-10+. The second kappa shape index (κ2) is 6.84. The molecule has 0 spiro atoms. The highest BCUT2D eigenvalue weighted by atomic mass is 35.5. The van der Waals surface area contributed by atoms with E-state index in [0.29, 0.717) is 15.7 Å². The first-order valence-electron chi connectivity index (χ1n) is 6.07. The first-order chi connectivity index (χ1) is 10.4. The molecule has 0 atom stereocenters. The molecule has 2 aromatic rings. The number of nitriles is 1. The van der Waals surface area contributed by atoms with Crippen LogP contribution in [0.25, 0.3) is 0 Å². The third kappa shape index (κ3) is 3.60. The number of allylic oxidation sites excluding steroid dienone is 1. The van der Waals surface area contributed by atoms with Crippen molar-refractivity contribution in [2.45, 2.75) is 4.90 Å². The molecule has 4 nitrogen and oxygen atoms in total. The van der Waals surface area contributed by atoms with Crippen molar-refractivity contribution in [1.29, 1.82) is 5.26 Å². The van der Waals surface area contributed by atoms with E-state index in [0.717, 1.165) is 6.20 Å². The first-order valence-corrected chi connectivity index (χ1v) is 8.31. The maximum Gasteiger partial charge on any atom is 0.218 e. The molecule has 0 amide bonds. The van der Waals surface area contributed by atoms with Crippen LogP contribution >= 0.6 is 23.2 Å². The molecule has 7 heteroatoms. The molecule has 0 radical (unpaired) electrons. The van der Waals surface area contributed by atoms with E-state index in [1.807, 2.05) is 0 Å². The van der Waals surface area contributed by atoms with Crippen LogP contribution in [0.2, 0.25) is 10.0 Å². The largest absolute Gasteiger partial charge is 0.359 e. The summed E-state index contributed by atoms with van der Waals surface area (Å²) < 4.78 is 24.7. The van der Waals surface area contributed by atoms with Crippen molar-refractivity contribution in [3.05, 3.63) is 69.7 Å². The molecule has 0 aliphatic carbocycles. The molecule has 0 heterocycles. The van der Waals surface area contributed by atoms with Gasteiger partial charge in [-0.15, -0.1) is 0 Å². The van der Waals surface area contributed by atoms with E-state index in [4.69, 9.17) is 28.5 Å². The fourth-order valence-corrected chi connectivity index (χ4v) is 3.03. The van der Waals surface area contributed by atoms with Crippen LogP contribution in [0.1, 0.15) is 0 Å².